The van der Waals surface area contributed by atoms with Gasteiger partial charge in [0.1, 0.15) is 11.6 Å². The van der Waals surface area contributed by atoms with E-state index in [4.69, 9.17) is 0 Å². The molecule has 1 unspecified atom stereocenters. The molecule has 31 heavy (non-hydrogen) atoms. The number of piperazine rings is 1. The average molecular weight is 502 g/mol. The van der Waals surface area contributed by atoms with Gasteiger partial charge in [0.05, 0.1) is 10.9 Å². The summed E-state index contributed by atoms with van der Waals surface area (Å²) in [5.41, 5.74) is 2.12. The Labute approximate surface area is 191 Å². The maximum atomic E-state index is 13.3. The summed E-state index contributed by atoms with van der Waals surface area (Å²) >= 11 is 5.05. The molecule has 160 valence electrons. The van der Waals surface area contributed by atoms with E-state index < -0.39 is 0 Å². The molecule has 2 aromatic heterocycles. The lowest BCUT2D eigenvalue weighted by molar-refractivity contribution is 0.211. The van der Waals surface area contributed by atoms with Crippen LogP contribution in [0.4, 0.5) is 10.1 Å². The van der Waals surface area contributed by atoms with Crippen molar-refractivity contribution in [2.24, 2.45) is 0 Å². The lowest BCUT2D eigenvalue weighted by atomic mass is 10.0. The zero-order valence-electron chi connectivity index (χ0n) is 16.9. The molecule has 0 bridgehead atoms. The summed E-state index contributed by atoms with van der Waals surface area (Å²) in [6, 6.07) is 14.7. The molecule has 1 fully saturated rings. The summed E-state index contributed by atoms with van der Waals surface area (Å²) in [6.07, 6.45) is 0. The van der Waals surface area contributed by atoms with Crippen molar-refractivity contribution in [1.29, 1.82) is 0 Å². The minimum Gasteiger partial charge on any atom is -0.492 e. The molecule has 0 spiro atoms. The van der Waals surface area contributed by atoms with E-state index in [1.54, 1.807) is 0 Å². The van der Waals surface area contributed by atoms with Gasteiger partial charge in [0.2, 0.25) is 10.8 Å². The minimum absolute atomic E-state index is 0.110. The quantitative estimate of drug-likeness (QED) is 0.442. The van der Waals surface area contributed by atoms with Crippen LogP contribution in [0.5, 0.6) is 5.88 Å². The molecule has 1 N–H and O–H groups in total. The number of fused-ring (bicyclic) bond motifs is 1. The van der Waals surface area contributed by atoms with Crippen molar-refractivity contribution >= 4 is 37.9 Å². The van der Waals surface area contributed by atoms with E-state index in [9.17, 15) is 9.50 Å². The largest absolute Gasteiger partial charge is 0.492 e. The van der Waals surface area contributed by atoms with Crippen LogP contribution < -0.4 is 4.90 Å². The van der Waals surface area contributed by atoms with Crippen LogP contribution in [0.1, 0.15) is 22.3 Å². The third-order valence-electron chi connectivity index (χ3n) is 5.59. The molecule has 0 radical (unpaired) electrons. The summed E-state index contributed by atoms with van der Waals surface area (Å²) in [5.74, 6) is 0.561. The van der Waals surface area contributed by atoms with Crippen molar-refractivity contribution in [1.82, 2.24) is 19.5 Å². The van der Waals surface area contributed by atoms with Crippen molar-refractivity contribution in [3.63, 3.8) is 0 Å². The van der Waals surface area contributed by atoms with Gasteiger partial charge in [-0.15, -0.1) is 5.10 Å². The summed E-state index contributed by atoms with van der Waals surface area (Å²) < 4.78 is 15.8. The molecule has 5 rings (SSSR count). The Morgan fingerprint density at radius 3 is 2.52 bits per heavy atom. The van der Waals surface area contributed by atoms with Crippen molar-refractivity contribution in [2.75, 3.05) is 31.1 Å². The highest BCUT2D eigenvalue weighted by Gasteiger charge is 2.31. The van der Waals surface area contributed by atoms with Gasteiger partial charge in [0.15, 0.2) is 0 Å². The molecule has 3 heterocycles. The van der Waals surface area contributed by atoms with Gasteiger partial charge in [0.25, 0.3) is 0 Å². The Morgan fingerprint density at radius 1 is 1.10 bits per heavy atom. The van der Waals surface area contributed by atoms with Crippen LogP contribution in [0.2, 0.25) is 0 Å². The van der Waals surface area contributed by atoms with E-state index in [1.807, 2.05) is 31.2 Å². The Hall–Kier alpha value is -2.49. The highest BCUT2D eigenvalue weighted by Crippen LogP contribution is 2.41. The van der Waals surface area contributed by atoms with Crippen LogP contribution >= 0.6 is 27.3 Å². The molecular weight excluding hydrogens is 481 g/mol. The maximum Gasteiger partial charge on any atom is 0.230 e. The van der Waals surface area contributed by atoms with Crippen LogP contribution in [0, 0.1) is 12.7 Å². The SMILES string of the molecule is Cc1nc2sc(C(c3cccc(Br)c3)N3CCN(c4ccc(F)cc4)CC3)c(O)n2n1. The monoisotopic (exact) mass is 501 g/mol. The first-order valence-corrected chi connectivity index (χ1v) is 11.7. The molecule has 9 heteroatoms. The van der Waals surface area contributed by atoms with Crippen molar-refractivity contribution in [2.45, 2.75) is 13.0 Å². The van der Waals surface area contributed by atoms with Crippen molar-refractivity contribution in [3.05, 3.63) is 75.1 Å². The smallest absolute Gasteiger partial charge is 0.230 e. The molecule has 2 aromatic carbocycles. The number of thiazole rings is 1. The van der Waals surface area contributed by atoms with Crippen LogP contribution in [0.25, 0.3) is 4.96 Å². The summed E-state index contributed by atoms with van der Waals surface area (Å²) in [4.78, 5) is 10.6. The highest BCUT2D eigenvalue weighted by molar-refractivity contribution is 9.10. The maximum absolute atomic E-state index is 13.3. The zero-order valence-corrected chi connectivity index (χ0v) is 19.3. The first-order valence-electron chi connectivity index (χ1n) is 10.0. The van der Waals surface area contributed by atoms with Gasteiger partial charge in [-0.3, -0.25) is 4.90 Å². The number of rotatable bonds is 4. The van der Waals surface area contributed by atoms with Crippen LogP contribution in [-0.4, -0.2) is 50.8 Å². The third-order valence-corrected chi connectivity index (χ3v) is 7.16. The first kappa shape index (κ1) is 20.4. The number of nitrogens with zero attached hydrogens (tertiary/aromatic N) is 5. The van der Waals surface area contributed by atoms with Crippen LogP contribution in [-0.2, 0) is 0 Å². The number of hydrogen-bond acceptors (Lipinski definition) is 6. The van der Waals surface area contributed by atoms with E-state index in [0.717, 1.165) is 46.8 Å². The predicted octanol–water partition coefficient (Wildman–Crippen LogP) is 4.62. The van der Waals surface area contributed by atoms with E-state index in [2.05, 4.69) is 47.9 Å². The normalized spacial score (nSPS) is 16.2. The summed E-state index contributed by atoms with van der Waals surface area (Å²) in [6.45, 7) is 5.06. The number of halogens is 2. The number of aromatic nitrogens is 3. The van der Waals surface area contributed by atoms with Gasteiger partial charge in [-0.1, -0.05) is 39.4 Å². The number of benzene rings is 2. The molecule has 1 aliphatic heterocycles. The number of anilines is 1. The van der Waals surface area contributed by atoms with Crippen LogP contribution in [0.3, 0.4) is 0 Å². The van der Waals surface area contributed by atoms with E-state index in [1.165, 1.54) is 28.0 Å². The lowest BCUT2D eigenvalue weighted by Crippen LogP contribution is -2.47. The van der Waals surface area contributed by atoms with Crippen molar-refractivity contribution in [3.8, 4) is 5.88 Å². The molecule has 1 saturated heterocycles. The van der Waals surface area contributed by atoms with Gasteiger partial charge < -0.3 is 10.0 Å². The van der Waals surface area contributed by atoms with E-state index in [-0.39, 0.29) is 17.7 Å². The fraction of sp³-hybridized carbons (Fsp3) is 0.273. The number of aromatic hydroxyl groups is 1. The Bertz CT molecular complexity index is 1220. The van der Waals surface area contributed by atoms with E-state index in [0.29, 0.717) is 10.8 Å². The van der Waals surface area contributed by atoms with Gasteiger partial charge in [-0.25, -0.2) is 9.37 Å². The van der Waals surface area contributed by atoms with Gasteiger partial charge >= 0.3 is 0 Å². The predicted molar refractivity (Wildman–Crippen MR) is 123 cm³/mol. The highest BCUT2D eigenvalue weighted by atomic mass is 79.9. The molecule has 4 aromatic rings. The second-order valence-corrected chi connectivity index (χ2v) is 9.53. The van der Waals surface area contributed by atoms with Gasteiger partial charge in [-0.2, -0.15) is 4.52 Å². The van der Waals surface area contributed by atoms with Crippen LogP contribution in [0.15, 0.2) is 53.0 Å². The topological polar surface area (TPSA) is 56.9 Å². The summed E-state index contributed by atoms with van der Waals surface area (Å²) in [5, 5.41) is 15.3. The number of hydrogen-bond donors (Lipinski definition) is 1. The Kier molecular flexibility index (Phi) is 5.41. The molecule has 0 saturated carbocycles. The summed E-state index contributed by atoms with van der Waals surface area (Å²) in [7, 11) is 0. The molecule has 0 amide bonds. The lowest BCUT2D eigenvalue weighted by Gasteiger charge is -2.40. The fourth-order valence-corrected chi connectivity index (χ4v) is 5.70. The van der Waals surface area contributed by atoms with Crippen molar-refractivity contribution < 1.29 is 9.50 Å². The Balaban J connectivity index is 1.47. The van der Waals surface area contributed by atoms with E-state index >= 15 is 0 Å². The fourth-order valence-electron chi connectivity index (χ4n) is 4.12. The second-order valence-electron chi connectivity index (χ2n) is 7.60. The molecule has 6 nitrogen and oxygen atoms in total. The average Bonchev–Trinajstić information content (AvgIpc) is 3.27. The molecule has 1 atom stereocenters. The minimum atomic E-state index is -0.223. The number of aryl methyl sites for hydroxylation is 1. The standard InChI is InChI=1S/C22H21BrFN5OS/c1-14-25-22-29(26-14)21(30)20(31-22)19(15-3-2-4-16(23)13-15)28-11-9-27(10-12-28)18-7-5-17(24)6-8-18/h2-8,13,19,30H,9-12H2,1H3. The second kappa shape index (κ2) is 8.22. The molecule has 1 aliphatic rings. The Morgan fingerprint density at radius 2 is 1.84 bits per heavy atom. The third kappa shape index (κ3) is 3.93. The molecular formula is C22H21BrFN5OS. The first-order chi connectivity index (χ1) is 15.0. The van der Waals surface area contributed by atoms with Gasteiger partial charge in [-0.05, 0) is 48.9 Å². The molecule has 0 aliphatic carbocycles. The van der Waals surface area contributed by atoms with Gasteiger partial charge in [0, 0.05) is 36.3 Å². The zero-order chi connectivity index (χ0) is 21.5.